The van der Waals surface area contributed by atoms with Crippen molar-refractivity contribution in [2.75, 3.05) is 0 Å². The number of benzene rings is 1. The maximum absolute atomic E-state index is 12.9. The molecule has 6 rings (SSSR count). The summed E-state index contributed by atoms with van der Waals surface area (Å²) in [5.74, 6) is 0.386. The highest BCUT2D eigenvalue weighted by Crippen LogP contribution is 2.56. The molecule has 0 radical (unpaired) electrons. The Balaban J connectivity index is 1.58. The molecule has 1 aromatic carbocycles. The van der Waals surface area contributed by atoms with Crippen molar-refractivity contribution >= 4 is 11.0 Å². The van der Waals surface area contributed by atoms with E-state index >= 15 is 0 Å². The topological polar surface area (TPSA) is 50.9 Å². The normalized spacial score (nSPS) is 24.4. The van der Waals surface area contributed by atoms with Gasteiger partial charge in [0.25, 0.3) is 0 Å². The van der Waals surface area contributed by atoms with E-state index in [0.717, 1.165) is 42.7 Å². The zero-order valence-electron chi connectivity index (χ0n) is 14.7. The Morgan fingerprint density at radius 2 is 2.00 bits per heavy atom. The molecular formula is C20H18F3N3O. The number of hydrogen-bond donors (Lipinski definition) is 1. The van der Waals surface area contributed by atoms with Gasteiger partial charge in [-0.05, 0) is 68.4 Å². The number of rotatable bonds is 2. The zero-order valence-corrected chi connectivity index (χ0v) is 14.7. The second-order valence-corrected chi connectivity index (χ2v) is 7.91. The van der Waals surface area contributed by atoms with Gasteiger partial charge in [-0.2, -0.15) is 18.3 Å². The number of aromatic nitrogens is 3. The van der Waals surface area contributed by atoms with Crippen LogP contribution in [0.5, 0.6) is 5.75 Å². The number of phenolic OH excluding ortho intramolecular Hbond substituents is 1. The molecule has 0 saturated heterocycles. The summed E-state index contributed by atoms with van der Waals surface area (Å²) in [5, 5.41) is 15.8. The van der Waals surface area contributed by atoms with E-state index in [4.69, 9.17) is 0 Å². The van der Waals surface area contributed by atoms with Gasteiger partial charge < -0.3 is 5.11 Å². The van der Waals surface area contributed by atoms with Crippen LogP contribution in [0.3, 0.4) is 0 Å². The molecule has 3 aliphatic carbocycles. The van der Waals surface area contributed by atoms with Gasteiger partial charge >= 0.3 is 6.18 Å². The fraction of sp³-hybridized carbons (Fsp3) is 0.400. The zero-order chi connectivity index (χ0) is 19.0. The molecule has 1 N–H and O–H groups in total. The van der Waals surface area contributed by atoms with E-state index in [2.05, 4.69) is 10.1 Å². The Hall–Kier alpha value is -2.57. The summed E-state index contributed by atoms with van der Waals surface area (Å²) >= 11 is 0. The minimum absolute atomic E-state index is 0.123. The standard InChI is InChI=1S/C20H18F3N3O/c1-11-6-14(20(21,22)23)7-16(27)17(11)15-3-2-13-10-26(25-18(13)24-15)19-5-4-12(8-19)9-19/h2-3,6-7,10,12,27H,4-5,8-9H2,1H3. The van der Waals surface area contributed by atoms with Crippen molar-refractivity contribution in [3.8, 4) is 17.0 Å². The molecule has 0 unspecified atom stereocenters. The largest absolute Gasteiger partial charge is 0.507 e. The molecule has 2 aromatic heterocycles. The van der Waals surface area contributed by atoms with Gasteiger partial charge in [-0.25, -0.2) is 4.98 Å². The van der Waals surface area contributed by atoms with E-state index in [1.807, 2.05) is 16.9 Å². The van der Waals surface area contributed by atoms with Gasteiger partial charge in [0.05, 0.1) is 16.8 Å². The van der Waals surface area contributed by atoms with Gasteiger partial charge in [0.1, 0.15) is 5.75 Å². The Morgan fingerprint density at radius 1 is 1.22 bits per heavy atom. The summed E-state index contributed by atoms with van der Waals surface area (Å²) in [7, 11) is 0. The fourth-order valence-electron chi connectivity index (χ4n) is 4.75. The first-order valence-corrected chi connectivity index (χ1v) is 9.03. The predicted molar refractivity (Wildman–Crippen MR) is 94.3 cm³/mol. The molecule has 7 heteroatoms. The van der Waals surface area contributed by atoms with Crippen LogP contribution in [0.2, 0.25) is 0 Å². The lowest BCUT2D eigenvalue weighted by molar-refractivity contribution is -0.137. The number of phenols is 1. The molecule has 3 saturated carbocycles. The number of hydrogen-bond acceptors (Lipinski definition) is 3. The van der Waals surface area contributed by atoms with Crippen LogP contribution in [0.4, 0.5) is 13.2 Å². The molecule has 140 valence electrons. The molecule has 2 bridgehead atoms. The molecule has 3 aliphatic rings. The van der Waals surface area contributed by atoms with Gasteiger partial charge in [-0.1, -0.05) is 0 Å². The third-order valence-corrected chi connectivity index (χ3v) is 6.11. The Bertz CT molecular complexity index is 1040. The van der Waals surface area contributed by atoms with Crippen molar-refractivity contribution in [3.63, 3.8) is 0 Å². The molecule has 3 aromatic rings. The van der Waals surface area contributed by atoms with E-state index in [9.17, 15) is 18.3 Å². The van der Waals surface area contributed by atoms with E-state index < -0.39 is 17.5 Å². The summed E-state index contributed by atoms with van der Waals surface area (Å²) in [6.45, 7) is 1.54. The molecule has 0 spiro atoms. The minimum Gasteiger partial charge on any atom is -0.507 e. The Kier molecular flexibility index (Phi) is 3.22. The molecule has 0 amide bonds. The first kappa shape index (κ1) is 16.6. The Labute approximate surface area is 153 Å². The van der Waals surface area contributed by atoms with Crippen molar-refractivity contribution < 1.29 is 18.3 Å². The number of nitrogens with zero attached hydrogens (tertiary/aromatic N) is 3. The van der Waals surface area contributed by atoms with Crippen molar-refractivity contribution in [2.45, 2.75) is 44.3 Å². The van der Waals surface area contributed by atoms with Crippen LogP contribution < -0.4 is 0 Å². The van der Waals surface area contributed by atoms with Crippen LogP contribution in [0, 0.1) is 12.8 Å². The third kappa shape index (κ3) is 2.44. The van der Waals surface area contributed by atoms with Crippen molar-refractivity contribution in [1.29, 1.82) is 0 Å². The summed E-state index contributed by atoms with van der Waals surface area (Å²) in [5.41, 5.74) is 0.860. The minimum atomic E-state index is -4.50. The van der Waals surface area contributed by atoms with Gasteiger partial charge in [0.2, 0.25) is 0 Å². The average molecular weight is 373 g/mol. The van der Waals surface area contributed by atoms with Gasteiger partial charge in [-0.3, -0.25) is 4.68 Å². The number of fused-ring (bicyclic) bond motifs is 2. The number of pyridine rings is 1. The maximum Gasteiger partial charge on any atom is 0.416 e. The monoisotopic (exact) mass is 373 g/mol. The lowest BCUT2D eigenvalue weighted by atomic mass is 9.77. The molecule has 0 atom stereocenters. The van der Waals surface area contributed by atoms with Crippen molar-refractivity contribution in [1.82, 2.24) is 14.8 Å². The molecule has 27 heavy (non-hydrogen) atoms. The number of aromatic hydroxyl groups is 1. The SMILES string of the molecule is Cc1cc(C(F)(F)F)cc(O)c1-c1ccc2cn(C34CCC(C3)C4)nc2n1. The Morgan fingerprint density at radius 3 is 2.63 bits per heavy atom. The molecule has 0 aliphatic heterocycles. The van der Waals surface area contributed by atoms with Gasteiger partial charge in [-0.15, -0.1) is 0 Å². The summed E-state index contributed by atoms with van der Waals surface area (Å²) < 4.78 is 40.8. The van der Waals surface area contributed by atoms with E-state index in [0.29, 0.717) is 22.5 Å². The summed E-state index contributed by atoms with van der Waals surface area (Å²) in [6, 6.07) is 5.36. The molecule has 4 nitrogen and oxygen atoms in total. The predicted octanol–water partition coefficient (Wildman–Crippen LogP) is 5.03. The highest BCUT2D eigenvalue weighted by molar-refractivity contribution is 5.80. The van der Waals surface area contributed by atoms with E-state index in [-0.39, 0.29) is 5.54 Å². The lowest BCUT2D eigenvalue weighted by Crippen LogP contribution is -2.39. The lowest BCUT2D eigenvalue weighted by Gasteiger charge is -2.38. The van der Waals surface area contributed by atoms with Crippen LogP contribution in [0.15, 0.2) is 30.5 Å². The van der Waals surface area contributed by atoms with Crippen LogP contribution in [-0.4, -0.2) is 19.9 Å². The number of alkyl halides is 3. The van der Waals surface area contributed by atoms with E-state index in [1.165, 1.54) is 6.42 Å². The van der Waals surface area contributed by atoms with E-state index in [1.54, 1.807) is 13.0 Å². The highest BCUT2D eigenvalue weighted by atomic mass is 19.4. The fourth-order valence-corrected chi connectivity index (χ4v) is 4.75. The van der Waals surface area contributed by atoms with Crippen LogP contribution >= 0.6 is 0 Å². The van der Waals surface area contributed by atoms with Crippen LogP contribution in [-0.2, 0) is 11.7 Å². The smallest absolute Gasteiger partial charge is 0.416 e. The summed E-state index contributed by atoms with van der Waals surface area (Å²) in [6.07, 6.45) is 2.20. The van der Waals surface area contributed by atoms with Gasteiger partial charge in [0.15, 0.2) is 5.65 Å². The second-order valence-electron chi connectivity index (χ2n) is 7.91. The van der Waals surface area contributed by atoms with Crippen molar-refractivity contribution in [3.05, 3.63) is 41.6 Å². The third-order valence-electron chi connectivity index (χ3n) is 6.11. The molecule has 2 heterocycles. The quantitative estimate of drug-likeness (QED) is 0.685. The summed E-state index contributed by atoms with van der Waals surface area (Å²) in [4.78, 5) is 4.53. The first-order chi connectivity index (χ1) is 12.7. The van der Waals surface area contributed by atoms with Crippen LogP contribution in [0.1, 0.15) is 36.8 Å². The number of halogens is 3. The molecular weight excluding hydrogens is 355 g/mol. The maximum atomic E-state index is 12.9. The molecule has 3 fully saturated rings. The van der Waals surface area contributed by atoms with Gasteiger partial charge in [0, 0.05) is 17.1 Å². The second kappa shape index (κ2) is 5.24. The highest BCUT2D eigenvalue weighted by Gasteiger charge is 2.52. The first-order valence-electron chi connectivity index (χ1n) is 9.03. The number of aryl methyl sites for hydroxylation is 1. The average Bonchev–Trinajstić information content (AvgIpc) is 3.26. The van der Waals surface area contributed by atoms with Crippen molar-refractivity contribution in [2.24, 2.45) is 5.92 Å². The van der Waals surface area contributed by atoms with Crippen LogP contribution in [0.25, 0.3) is 22.3 Å².